The summed E-state index contributed by atoms with van der Waals surface area (Å²) in [5, 5.41) is 14.5. The SMILES string of the molecule is CCCC1CCC(C(O)CCc2ccnn2C)CC1. The van der Waals surface area contributed by atoms with E-state index in [1.165, 1.54) is 44.2 Å². The zero-order valence-electron chi connectivity index (χ0n) is 12.4. The number of hydrogen-bond donors (Lipinski definition) is 1. The fraction of sp³-hybridized carbons (Fsp3) is 0.812. The highest BCUT2D eigenvalue weighted by atomic mass is 16.3. The maximum absolute atomic E-state index is 10.4. The molecule has 3 heteroatoms. The molecule has 0 spiro atoms. The third-order valence-electron chi connectivity index (χ3n) is 4.75. The van der Waals surface area contributed by atoms with Crippen LogP contribution in [0, 0.1) is 11.8 Å². The van der Waals surface area contributed by atoms with E-state index in [0.717, 1.165) is 18.8 Å². The molecule has 1 saturated carbocycles. The number of aliphatic hydroxyl groups is 1. The van der Waals surface area contributed by atoms with Crippen molar-refractivity contribution in [3.8, 4) is 0 Å². The molecular weight excluding hydrogens is 236 g/mol. The predicted molar refractivity (Wildman–Crippen MR) is 77.9 cm³/mol. The zero-order valence-corrected chi connectivity index (χ0v) is 12.4. The highest BCUT2D eigenvalue weighted by molar-refractivity contribution is 5.00. The van der Waals surface area contributed by atoms with Crippen molar-refractivity contribution >= 4 is 0 Å². The molecule has 0 aromatic carbocycles. The van der Waals surface area contributed by atoms with Gasteiger partial charge in [0.2, 0.25) is 0 Å². The van der Waals surface area contributed by atoms with E-state index < -0.39 is 0 Å². The van der Waals surface area contributed by atoms with Crippen molar-refractivity contribution in [3.05, 3.63) is 18.0 Å². The van der Waals surface area contributed by atoms with Gasteiger partial charge in [0.05, 0.1) is 6.10 Å². The molecule has 0 saturated heterocycles. The van der Waals surface area contributed by atoms with Crippen molar-refractivity contribution in [2.75, 3.05) is 0 Å². The summed E-state index contributed by atoms with van der Waals surface area (Å²) in [6.45, 7) is 2.27. The first-order chi connectivity index (χ1) is 9.20. The number of aliphatic hydroxyl groups excluding tert-OH is 1. The first-order valence-electron chi connectivity index (χ1n) is 7.85. The van der Waals surface area contributed by atoms with Crippen LogP contribution >= 0.6 is 0 Å². The van der Waals surface area contributed by atoms with Crippen LogP contribution < -0.4 is 0 Å². The summed E-state index contributed by atoms with van der Waals surface area (Å²) < 4.78 is 1.91. The summed E-state index contributed by atoms with van der Waals surface area (Å²) in [5.74, 6) is 1.45. The van der Waals surface area contributed by atoms with Crippen LogP contribution in [0.2, 0.25) is 0 Å². The van der Waals surface area contributed by atoms with Gasteiger partial charge in [-0.3, -0.25) is 4.68 Å². The Bertz CT molecular complexity index is 367. The van der Waals surface area contributed by atoms with Crippen LogP contribution in [-0.2, 0) is 13.5 Å². The number of hydrogen-bond acceptors (Lipinski definition) is 2. The number of aromatic nitrogens is 2. The third-order valence-corrected chi connectivity index (χ3v) is 4.75. The number of aryl methyl sites for hydroxylation is 2. The molecular formula is C16H28N2O. The molecule has 3 nitrogen and oxygen atoms in total. The minimum atomic E-state index is -0.127. The summed E-state index contributed by atoms with van der Waals surface area (Å²) in [5.41, 5.74) is 1.22. The lowest BCUT2D eigenvalue weighted by Crippen LogP contribution is -2.26. The van der Waals surface area contributed by atoms with Crippen LogP contribution in [0.5, 0.6) is 0 Å². The highest BCUT2D eigenvalue weighted by Crippen LogP contribution is 2.34. The molecule has 1 aromatic heterocycles. The minimum Gasteiger partial charge on any atom is -0.393 e. The summed E-state index contributed by atoms with van der Waals surface area (Å²) >= 11 is 0. The van der Waals surface area contributed by atoms with Gasteiger partial charge in [-0.2, -0.15) is 5.10 Å². The van der Waals surface area contributed by atoms with E-state index in [1.54, 1.807) is 0 Å². The lowest BCUT2D eigenvalue weighted by Gasteiger charge is -2.31. The van der Waals surface area contributed by atoms with E-state index in [-0.39, 0.29) is 6.10 Å². The van der Waals surface area contributed by atoms with Gasteiger partial charge in [0.1, 0.15) is 0 Å². The Morgan fingerprint density at radius 1 is 1.37 bits per heavy atom. The van der Waals surface area contributed by atoms with Gasteiger partial charge in [-0.25, -0.2) is 0 Å². The third kappa shape index (κ3) is 4.07. The fourth-order valence-electron chi connectivity index (χ4n) is 3.45. The summed E-state index contributed by atoms with van der Waals surface area (Å²) in [6.07, 6.45) is 11.3. The average molecular weight is 264 g/mol. The Morgan fingerprint density at radius 2 is 2.11 bits per heavy atom. The van der Waals surface area contributed by atoms with Crippen LogP contribution in [0.25, 0.3) is 0 Å². The van der Waals surface area contributed by atoms with Crippen LogP contribution in [0.15, 0.2) is 12.3 Å². The molecule has 0 bridgehead atoms. The van der Waals surface area contributed by atoms with E-state index >= 15 is 0 Å². The van der Waals surface area contributed by atoms with Crippen LogP contribution in [0.3, 0.4) is 0 Å². The van der Waals surface area contributed by atoms with Crippen LogP contribution in [0.4, 0.5) is 0 Å². The maximum atomic E-state index is 10.4. The molecule has 2 rings (SSSR count). The van der Waals surface area contributed by atoms with Crippen molar-refractivity contribution < 1.29 is 5.11 Å². The van der Waals surface area contributed by atoms with E-state index in [2.05, 4.69) is 12.0 Å². The second kappa shape index (κ2) is 7.09. The van der Waals surface area contributed by atoms with Gasteiger partial charge in [-0.1, -0.05) is 32.6 Å². The van der Waals surface area contributed by atoms with E-state index in [0.29, 0.717) is 5.92 Å². The molecule has 0 aliphatic heterocycles. The summed E-state index contributed by atoms with van der Waals surface area (Å²) in [6, 6.07) is 2.05. The first kappa shape index (κ1) is 14.6. The van der Waals surface area contributed by atoms with E-state index in [4.69, 9.17) is 0 Å². The topological polar surface area (TPSA) is 38.1 Å². The molecule has 0 amide bonds. The molecule has 1 fully saturated rings. The van der Waals surface area contributed by atoms with E-state index in [9.17, 15) is 5.11 Å². The molecule has 1 atom stereocenters. The largest absolute Gasteiger partial charge is 0.393 e. The van der Waals surface area contributed by atoms with Gasteiger partial charge in [-0.15, -0.1) is 0 Å². The van der Waals surface area contributed by atoms with Crippen LogP contribution in [0.1, 0.15) is 57.6 Å². The lowest BCUT2D eigenvalue weighted by atomic mass is 9.77. The Balaban J connectivity index is 1.72. The average Bonchev–Trinajstić information content (AvgIpc) is 2.83. The molecule has 108 valence electrons. The Kier molecular flexibility index (Phi) is 5.44. The molecule has 1 aliphatic rings. The molecule has 1 N–H and O–H groups in total. The van der Waals surface area contributed by atoms with Gasteiger partial charge in [0.15, 0.2) is 0 Å². The van der Waals surface area contributed by atoms with Crippen molar-refractivity contribution in [1.82, 2.24) is 9.78 Å². The summed E-state index contributed by atoms with van der Waals surface area (Å²) in [4.78, 5) is 0. The van der Waals surface area contributed by atoms with Gasteiger partial charge in [0, 0.05) is 18.9 Å². The maximum Gasteiger partial charge on any atom is 0.0572 e. The van der Waals surface area contributed by atoms with Gasteiger partial charge in [-0.05, 0) is 43.6 Å². The zero-order chi connectivity index (χ0) is 13.7. The van der Waals surface area contributed by atoms with E-state index in [1.807, 2.05) is 24.0 Å². The Morgan fingerprint density at radius 3 is 2.68 bits per heavy atom. The Hall–Kier alpha value is -0.830. The molecule has 1 unspecified atom stereocenters. The molecule has 1 heterocycles. The summed E-state index contributed by atoms with van der Waals surface area (Å²) in [7, 11) is 1.97. The molecule has 19 heavy (non-hydrogen) atoms. The van der Waals surface area contributed by atoms with Crippen LogP contribution in [-0.4, -0.2) is 21.0 Å². The molecule has 1 aromatic rings. The second-order valence-electron chi connectivity index (χ2n) is 6.12. The predicted octanol–water partition coefficient (Wildman–Crippen LogP) is 3.32. The monoisotopic (exact) mass is 264 g/mol. The molecule has 1 aliphatic carbocycles. The second-order valence-corrected chi connectivity index (χ2v) is 6.12. The van der Waals surface area contributed by atoms with Crippen molar-refractivity contribution in [2.45, 2.75) is 64.4 Å². The first-order valence-corrected chi connectivity index (χ1v) is 7.85. The van der Waals surface area contributed by atoms with Gasteiger partial charge >= 0.3 is 0 Å². The Labute approximate surface area is 117 Å². The number of nitrogens with zero attached hydrogens (tertiary/aromatic N) is 2. The molecule has 0 radical (unpaired) electrons. The van der Waals surface area contributed by atoms with Gasteiger partial charge < -0.3 is 5.11 Å². The smallest absolute Gasteiger partial charge is 0.0572 e. The van der Waals surface area contributed by atoms with Crippen molar-refractivity contribution in [2.24, 2.45) is 18.9 Å². The fourth-order valence-corrected chi connectivity index (χ4v) is 3.45. The number of rotatable bonds is 6. The highest BCUT2D eigenvalue weighted by Gasteiger charge is 2.25. The van der Waals surface area contributed by atoms with Crippen molar-refractivity contribution in [3.63, 3.8) is 0 Å². The minimum absolute atomic E-state index is 0.127. The van der Waals surface area contributed by atoms with Gasteiger partial charge in [0.25, 0.3) is 0 Å². The lowest BCUT2D eigenvalue weighted by molar-refractivity contribution is 0.0656. The normalized spacial score (nSPS) is 25.4. The van der Waals surface area contributed by atoms with Crippen molar-refractivity contribution in [1.29, 1.82) is 0 Å². The standard InChI is InChI=1S/C16H28N2O/c1-3-4-13-5-7-14(8-6-13)16(19)10-9-15-11-12-17-18(15)2/h11-14,16,19H,3-10H2,1-2H3. The quantitative estimate of drug-likeness (QED) is 0.856.